The third kappa shape index (κ3) is 6.43. The Balaban J connectivity index is 1.58. The number of rotatable bonds is 6. The molecule has 0 aliphatic carbocycles. The highest BCUT2D eigenvalue weighted by Crippen LogP contribution is 2.26. The third-order valence-electron chi connectivity index (χ3n) is 3.68. The van der Waals surface area contributed by atoms with Crippen LogP contribution in [0.25, 0.3) is 11.3 Å². The molecule has 3 aromatic rings. The highest BCUT2D eigenvalue weighted by atomic mass is 32.1. The molecule has 2 aromatic carbocycles. The van der Waals surface area contributed by atoms with E-state index in [-0.39, 0.29) is 11.5 Å². The molecule has 6 nitrogen and oxygen atoms in total. The maximum absolute atomic E-state index is 11.1. The molecule has 29 heavy (non-hydrogen) atoms. The maximum Gasteiger partial charge on any atom is 0.221 e. The molecule has 2 N–H and O–H groups in total. The molecule has 0 aliphatic heterocycles. The molecule has 0 bridgehead atoms. The number of aromatic nitrogens is 1. The number of thiazole rings is 1. The first-order valence-corrected chi connectivity index (χ1v) is 10.1. The van der Waals surface area contributed by atoms with Crippen LogP contribution in [0, 0.1) is 0 Å². The van der Waals surface area contributed by atoms with Crippen LogP contribution in [0.5, 0.6) is 5.75 Å². The van der Waals surface area contributed by atoms with Gasteiger partial charge in [0.25, 0.3) is 0 Å². The first-order chi connectivity index (χ1) is 13.8. The zero-order valence-electron chi connectivity index (χ0n) is 16.9. The summed E-state index contributed by atoms with van der Waals surface area (Å²) >= 11 is 1.48. The number of hydrazone groups is 1. The first-order valence-electron chi connectivity index (χ1n) is 9.20. The highest BCUT2D eigenvalue weighted by Gasteiger charge is 2.11. The van der Waals surface area contributed by atoms with Gasteiger partial charge in [-0.15, -0.1) is 11.3 Å². The van der Waals surface area contributed by atoms with E-state index in [1.54, 1.807) is 6.21 Å². The van der Waals surface area contributed by atoms with E-state index in [0.717, 1.165) is 28.3 Å². The van der Waals surface area contributed by atoms with E-state index in [1.165, 1.54) is 18.3 Å². The number of carbonyl (C=O) groups is 1. The molecule has 0 saturated carbocycles. The van der Waals surface area contributed by atoms with E-state index in [9.17, 15) is 4.79 Å². The lowest BCUT2D eigenvalue weighted by atomic mass is 10.1. The molecule has 0 radical (unpaired) electrons. The van der Waals surface area contributed by atoms with E-state index < -0.39 is 0 Å². The van der Waals surface area contributed by atoms with Crippen molar-refractivity contribution in [2.45, 2.75) is 33.3 Å². The van der Waals surface area contributed by atoms with Crippen LogP contribution in [-0.2, 0) is 4.79 Å². The molecule has 0 atom stereocenters. The minimum absolute atomic E-state index is 0.0906. The quantitative estimate of drug-likeness (QED) is 0.423. The van der Waals surface area contributed by atoms with Crippen LogP contribution in [-0.4, -0.2) is 22.7 Å². The average molecular weight is 409 g/mol. The molecule has 1 aromatic heterocycles. The summed E-state index contributed by atoms with van der Waals surface area (Å²) in [6, 6.07) is 15.3. The van der Waals surface area contributed by atoms with Crippen LogP contribution in [0.1, 0.15) is 33.3 Å². The van der Waals surface area contributed by atoms with Gasteiger partial charge >= 0.3 is 0 Å². The summed E-state index contributed by atoms with van der Waals surface area (Å²) in [5, 5.41) is 9.67. The van der Waals surface area contributed by atoms with Gasteiger partial charge in [-0.2, -0.15) is 5.10 Å². The van der Waals surface area contributed by atoms with Crippen molar-refractivity contribution in [2.75, 3.05) is 10.7 Å². The van der Waals surface area contributed by atoms with Gasteiger partial charge in [0, 0.05) is 23.6 Å². The first kappa shape index (κ1) is 20.5. The molecule has 3 rings (SSSR count). The number of nitrogens with one attached hydrogen (secondary N) is 2. The lowest BCUT2D eigenvalue weighted by Crippen LogP contribution is -2.22. The van der Waals surface area contributed by atoms with Gasteiger partial charge in [-0.3, -0.25) is 10.2 Å². The van der Waals surface area contributed by atoms with Crippen molar-refractivity contribution in [1.29, 1.82) is 0 Å². The molecule has 0 saturated heterocycles. The zero-order chi connectivity index (χ0) is 20.9. The van der Waals surface area contributed by atoms with Gasteiger partial charge in [-0.05, 0) is 62.7 Å². The van der Waals surface area contributed by atoms with Crippen LogP contribution < -0.4 is 15.5 Å². The second kappa shape index (κ2) is 8.87. The van der Waals surface area contributed by atoms with Crippen molar-refractivity contribution < 1.29 is 9.53 Å². The Labute approximate surface area is 174 Å². The average Bonchev–Trinajstić information content (AvgIpc) is 3.11. The Morgan fingerprint density at radius 2 is 1.79 bits per heavy atom. The lowest BCUT2D eigenvalue weighted by molar-refractivity contribution is -0.114. The SMILES string of the molecule is CC(=O)Nc1ccc(-c2csc(N/N=C\c3ccc(OC(C)(C)C)cc3)n2)cc1. The molecule has 7 heteroatoms. The Kier molecular flexibility index (Phi) is 6.29. The number of hydrogen-bond acceptors (Lipinski definition) is 6. The number of nitrogens with zero attached hydrogens (tertiary/aromatic N) is 2. The molecule has 150 valence electrons. The lowest BCUT2D eigenvalue weighted by Gasteiger charge is -2.21. The maximum atomic E-state index is 11.1. The van der Waals surface area contributed by atoms with E-state index in [4.69, 9.17) is 4.74 Å². The Bertz CT molecular complexity index is 987. The fraction of sp³-hybridized carbons (Fsp3) is 0.227. The van der Waals surface area contributed by atoms with Crippen molar-refractivity contribution in [1.82, 2.24) is 4.98 Å². The van der Waals surface area contributed by atoms with Gasteiger partial charge in [-0.1, -0.05) is 12.1 Å². The predicted octanol–water partition coefficient (Wildman–Crippen LogP) is 5.39. The molecule has 0 spiro atoms. The summed E-state index contributed by atoms with van der Waals surface area (Å²) in [5.41, 5.74) is 6.29. The summed E-state index contributed by atoms with van der Waals surface area (Å²) in [6.45, 7) is 7.55. The fourth-order valence-corrected chi connectivity index (χ4v) is 3.19. The normalized spacial score (nSPS) is 11.4. The van der Waals surface area contributed by atoms with Gasteiger partial charge in [0.2, 0.25) is 11.0 Å². The van der Waals surface area contributed by atoms with E-state index in [0.29, 0.717) is 5.13 Å². The van der Waals surface area contributed by atoms with E-state index in [2.05, 4.69) is 20.8 Å². The summed E-state index contributed by atoms with van der Waals surface area (Å²) in [5.74, 6) is 0.740. The highest BCUT2D eigenvalue weighted by molar-refractivity contribution is 7.14. The van der Waals surface area contributed by atoms with Crippen molar-refractivity contribution in [3.8, 4) is 17.0 Å². The topological polar surface area (TPSA) is 75.6 Å². The predicted molar refractivity (Wildman–Crippen MR) is 120 cm³/mol. The molecule has 0 aliphatic rings. The molecule has 1 amide bonds. The van der Waals surface area contributed by atoms with Crippen molar-refractivity contribution in [2.24, 2.45) is 5.10 Å². The minimum atomic E-state index is -0.218. The van der Waals surface area contributed by atoms with Crippen molar-refractivity contribution in [3.63, 3.8) is 0 Å². The van der Waals surface area contributed by atoms with Gasteiger partial charge in [-0.25, -0.2) is 4.98 Å². The molecular weight excluding hydrogens is 384 g/mol. The third-order valence-corrected chi connectivity index (χ3v) is 4.43. The van der Waals surface area contributed by atoms with Gasteiger partial charge in [0.1, 0.15) is 11.4 Å². The zero-order valence-corrected chi connectivity index (χ0v) is 17.7. The van der Waals surface area contributed by atoms with Crippen molar-refractivity contribution in [3.05, 3.63) is 59.5 Å². The number of hydrogen-bond donors (Lipinski definition) is 2. The van der Waals surface area contributed by atoms with Gasteiger partial charge in [0.15, 0.2) is 0 Å². The Hall–Kier alpha value is -3.19. The largest absolute Gasteiger partial charge is 0.488 e. The summed E-state index contributed by atoms with van der Waals surface area (Å²) in [7, 11) is 0. The summed E-state index contributed by atoms with van der Waals surface area (Å²) < 4.78 is 5.81. The van der Waals surface area contributed by atoms with Gasteiger partial charge < -0.3 is 10.1 Å². The van der Waals surface area contributed by atoms with Crippen molar-refractivity contribution >= 4 is 34.3 Å². The summed E-state index contributed by atoms with van der Waals surface area (Å²) in [6.07, 6.45) is 1.74. The number of ether oxygens (including phenoxy) is 1. The standard InChI is InChI=1S/C22H24N4O2S/c1-15(27)24-18-9-7-17(8-10-18)20-14-29-21(25-20)26-23-13-16-5-11-19(12-6-16)28-22(2,3)4/h5-14H,1-4H3,(H,24,27)(H,25,26)/b23-13-. The number of benzene rings is 2. The second-order valence-electron chi connectivity index (χ2n) is 7.45. The van der Waals surface area contributed by atoms with Crippen LogP contribution in [0.3, 0.4) is 0 Å². The van der Waals surface area contributed by atoms with Crippen LogP contribution in [0.2, 0.25) is 0 Å². The van der Waals surface area contributed by atoms with Gasteiger partial charge in [0.05, 0.1) is 11.9 Å². The Morgan fingerprint density at radius 3 is 2.41 bits per heavy atom. The molecular formula is C22H24N4O2S. The fourth-order valence-electron chi connectivity index (χ4n) is 2.52. The molecule has 0 fully saturated rings. The van der Waals surface area contributed by atoms with E-state index in [1.807, 2.05) is 74.7 Å². The van der Waals surface area contributed by atoms with Crippen LogP contribution in [0.4, 0.5) is 10.8 Å². The van der Waals surface area contributed by atoms with E-state index >= 15 is 0 Å². The van der Waals surface area contributed by atoms with Crippen LogP contribution >= 0.6 is 11.3 Å². The smallest absolute Gasteiger partial charge is 0.221 e. The monoisotopic (exact) mass is 408 g/mol. The minimum Gasteiger partial charge on any atom is -0.488 e. The number of carbonyl (C=O) groups excluding carboxylic acids is 1. The molecule has 0 unspecified atom stereocenters. The summed E-state index contributed by atoms with van der Waals surface area (Å²) in [4.78, 5) is 15.6. The second-order valence-corrected chi connectivity index (χ2v) is 8.31. The van der Waals surface area contributed by atoms with Crippen LogP contribution in [0.15, 0.2) is 59.0 Å². The number of amides is 1. The number of anilines is 2. The molecule has 1 heterocycles. The Morgan fingerprint density at radius 1 is 1.10 bits per heavy atom.